The van der Waals surface area contributed by atoms with E-state index >= 15 is 0 Å². The second kappa shape index (κ2) is 15.5. The number of hydrogen-bond acceptors (Lipinski definition) is 7. The van der Waals surface area contributed by atoms with Crippen molar-refractivity contribution in [2.75, 3.05) is 20.2 Å². The van der Waals surface area contributed by atoms with Crippen LogP contribution >= 0.6 is 0 Å². The summed E-state index contributed by atoms with van der Waals surface area (Å²) in [4.78, 5) is 62.2. The molecule has 3 N–H and O–H groups in total. The molecule has 10 nitrogen and oxygen atoms in total. The smallest absolute Gasteiger partial charge is 0.243 e. The van der Waals surface area contributed by atoms with Crippen LogP contribution in [0.3, 0.4) is 0 Å². The number of nitrogens with two attached hydrogens (primary N) is 1. The van der Waals surface area contributed by atoms with Crippen molar-refractivity contribution in [3.05, 3.63) is 66.7 Å². The van der Waals surface area contributed by atoms with Gasteiger partial charge in [0.05, 0.1) is 24.2 Å². The number of nitrogens with zero attached hydrogens (tertiary/aromatic N) is 2. The number of ketones is 1. The van der Waals surface area contributed by atoms with E-state index in [0.29, 0.717) is 36.3 Å². The van der Waals surface area contributed by atoms with E-state index in [2.05, 4.69) is 11.4 Å². The molecule has 2 saturated carbocycles. The number of nitrogens with one attached hydrogen (secondary N) is 1. The van der Waals surface area contributed by atoms with Gasteiger partial charge in [0, 0.05) is 60.3 Å². The molecular weight excluding hydrogens is 656 g/mol. The van der Waals surface area contributed by atoms with Crippen LogP contribution in [0, 0.1) is 23.7 Å². The molecule has 2 aromatic carbocycles. The van der Waals surface area contributed by atoms with E-state index < -0.39 is 35.3 Å². The summed E-state index contributed by atoms with van der Waals surface area (Å²) in [6.45, 7) is 1.45. The standard InChI is InChI=1S/C42H50N4O6/c1-51-30-17-18-32-36(24-30)44-35(27-13-8-5-9-14-27)25-37(32)52-31-22-33-34(23-31)40(49)45-42(41(43)50)26-29(42)16-10-4-2-3-7-15-28(39(33)48)21-38(47)46-19-11-6-12-20-46/h5,8-10,13-14,16-18,24-25,28-29,31,33-34H,2-4,6-7,11-12,15,19-23,26H2,1H3,(H2,43,50)(H,45,49)/t28-,29+,31+,33?,34-,42+/m1/s1. The Kier molecular flexibility index (Phi) is 10.6. The minimum atomic E-state index is -1.16. The van der Waals surface area contributed by atoms with Crippen molar-refractivity contribution in [1.29, 1.82) is 0 Å². The van der Waals surface area contributed by atoms with E-state index in [1.807, 2.05) is 65.6 Å². The predicted molar refractivity (Wildman–Crippen MR) is 198 cm³/mol. The van der Waals surface area contributed by atoms with Gasteiger partial charge in [-0.2, -0.15) is 0 Å². The largest absolute Gasteiger partial charge is 0.497 e. The Hall–Kier alpha value is -4.73. The molecule has 274 valence electrons. The summed E-state index contributed by atoms with van der Waals surface area (Å²) < 4.78 is 12.3. The third-order valence-corrected chi connectivity index (χ3v) is 11.7. The molecule has 3 aromatic rings. The molecule has 7 rings (SSSR count). The third kappa shape index (κ3) is 7.57. The van der Waals surface area contributed by atoms with Crippen LogP contribution in [-0.2, 0) is 19.2 Å². The number of likely N-dealkylation sites (tertiary alicyclic amines) is 1. The normalized spacial score (nSPS) is 28.2. The van der Waals surface area contributed by atoms with Gasteiger partial charge < -0.3 is 25.4 Å². The molecule has 3 amide bonds. The van der Waals surface area contributed by atoms with Crippen LogP contribution in [0.4, 0.5) is 0 Å². The number of benzene rings is 2. The Balaban J connectivity index is 1.21. The zero-order valence-corrected chi connectivity index (χ0v) is 30.1. The van der Waals surface area contributed by atoms with Crippen molar-refractivity contribution in [1.82, 2.24) is 15.2 Å². The average Bonchev–Trinajstić information content (AvgIpc) is 3.70. The Morgan fingerprint density at radius 1 is 0.962 bits per heavy atom. The van der Waals surface area contributed by atoms with Gasteiger partial charge in [0.15, 0.2) is 0 Å². The van der Waals surface area contributed by atoms with Crippen molar-refractivity contribution in [3.63, 3.8) is 0 Å². The topological polar surface area (TPSA) is 141 Å². The molecule has 1 aromatic heterocycles. The SMILES string of the molecule is COc1ccc2c(O[C@H]3CC4C(=O)[C@@H](CC(=O)N5CCCCC5)CCCCCC=C[C@H]5C[C@]5(C(N)=O)NC(=O)[C@@H]4C3)cc(-c3ccccc3)nc2c1. The number of ether oxygens (including phenoxy) is 2. The van der Waals surface area contributed by atoms with Crippen LogP contribution in [0.15, 0.2) is 66.7 Å². The number of allylic oxidation sites excluding steroid dienone is 1. The second-order valence-electron chi connectivity index (χ2n) is 15.1. The van der Waals surface area contributed by atoms with E-state index in [1.54, 1.807) is 7.11 Å². The average molecular weight is 707 g/mol. The second-order valence-corrected chi connectivity index (χ2v) is 15.1. The molecule has 3 fully saturated rings. The molecule has 10 heteroatoms. The maximum absolute atomic E-state index is 14.7. The molecule has 52 heavy (non-hydrogen) atoms. The number of methoxy groups -OCH3 is 1. The number of amides is 3. The number of piperidine rings is 1. The lowest BCUT2D eigenvalue weighted by Gasteiger charge is -2.29. The zero-order chi connectivity index (χ0) is 36.2. The monoisotopic (exact) mass is 706 g/mol. The number of pyridine rings is 1. The molecule has 0 bridgehead atoms. The van der Waals surface area contributed by atoms with Gasteiger partial charge in [-0.25, -0.2) is 4.98 Å². The van der Waals surface area contributed by atoms with Crippen LogP contribution < -0.4 is 20.5 Å². The molecule has 0 spiro atoms. The molecule has 1 saturated heterocycles. The summed E-state index contributed by atoms with van der Waals surface area (Å²) in [6, 6.07) is 17.4. The highest BCUT2D eigenvalue weighted by Crippen LogP contribution is 2.47. The van der Waals surface area contributed by atoms with E-state index in [9.17, 15) is 19.2 Å². The fourth-order valence-electron chi connectivity index (χ4n) is 8.57. The highest BCUT2D eigenvalue weighted by molar-refractivity contribution is 5.98. The van der Waals surface area contributed by atoms with E-state index in [1.165, 1.54) is 0 Å². The predicted octanol–water partition coefficient (Wildman–Crippen LogP) is 6.15. The number of Topliss-reactive ketones (excluding diaryl/α,β-unsaturated/α-hetero) is 1. The van der Waals surface area contributed by atoms with Gasteiger partial charge in [-0.1, -0.05) is 55.3 Å². The van der Waals surface area contributed by atoms with E-state index in [0.717, 1.165) is 74.7 Å². The number of carbonyl (C=O) groups excluding carboxylic acids is 4. The maximum Gasteiger partial charge on any atom is 0.243 e. The number of aromatic nitrogens is 1. The van der Waals surface area contributed by atoms with Crippen LogP contribution in [0.2, 0.25) is 0 Å². The van der Waals surface area contributed by atoms with Crippen molar-refractivity contribution < 1.29 is 28.7 Å². The van der Waals surface area contributed by atoms with Crippen molar-refractivity contribution >= 4 is 34.4 Å². The van der Waals surface area contributed by atoms with Crippen LogP contribution in [0.5, 0.6) is 11.5 Å². The van der Waals surface area contributed by atoms with E-state index in [-0.39, 0.29) is 36.4 Å². The molecule has 3 heterocycles. The fraction of sp³-hybridized carbons (Fsp3) is 0.500. The Morgan fingerprint density at radius 2 is 1.73 bits per heavy atom. The first-order chi connectivity index (χ1) is 25.3. The van der Waals surface area contributed by atoms with Gasteiger partial charge in [-0.15, -0.1) is 0 Å². The van der Waals surface area contributed by atoms with Crippen LogP contribution in [0.1, 0.15) is 77.0 Å². The Labute approximate surface area is 305 Å². The summed E-state index contributed by atoms with van der Waals surface area (Å²) in [5, 5.41) is 3.81. The summed E-state index contributed by atoms with van der Waals surface area (Å²) >= 11 is 0. The van der Waals surface area contributed by atoms with Crippen molar-refractivity contribution in [3.8, 4) is 22.8 Å². The number of carbonyl (C=O) groups is 4. The number of rotatable bonds is 7. The molecule has 1 unspecified atom stereocenters. The Morgan fingerprint density at radius 3 is 2.50 bits per heavy atom. The zero-order valence-electron chi connectivity index (χ0n) is 30.1. The highest BCUT2D eigenvalue weighted by atomic mass is 16.5. The van der Waals surface area contributed by atoms with Crippen molar-refractivity contribution in [2.45, 2.75) is 88.7 Å². The lowest BCUT2D eigenvalue weighted by atomic mass is 9.80. The minimum absolute atomic E-state index is 0.0197. The molecule has 4 aliphatic rings. The van der Waals surface area contributed by atoms with Gasteiger partial charge in [-0.3, -0.25) is 19.2 Å². The minimum Gasteiger partial charge on any atom is -0.497 e. The molecule has 6 atom stereocenters. The van der Waals surface area contributed by atoms with Crippen LogP contribution in [-0.4, -0.2) is 65.2 Å². The Bertz CT molecular complexity index is 1840. The van der Waals surface area contributed by atoms with Gasteiger partial charge in [0.1, 0.15) is 28.9 Å². The summed E-state index contributed by atoms with van der Waals surface area (Å²) in [5.41, 5.74) is 7.10. The summed E-state index contributed by atoms with van der Waals surface area (Å²) in [7, 11) is 1.61. The maximum atomic E-state index is 14.7. The molecular formula is C42H50N4O6. The van der Waals surface area contributed by atoms with Crippen molar-refractivity contribution in [2.24, 2.45) is 29.4 Å². The number of fused-ring (bicyclic) bond motifs is 3. The first-order valence-electron chi connectivity index (χ1n) is 19.1. The fourth-order valence-corrected chi connectivity index (χ4v) is 8.57. The van der Waals surface area contributed by atoms with Gasteiger partial charge in [0.25, 0.3) is 0 Å². The highest BCUT2D eigenvalue weighted by Gasteiger charge is 2.60. The molecule has 2 aliphatic carbocycles. The molecule has 2 aliphatic heterocycles. The summed E-state index contributed by atoms with van der Waals surface area (Å²) in [5.74, 6) is -1.77. The van der Waals surface area contributed by atoms with Gasteiger partial charge in [-0.05, 0) is 69.9 Å². The first kappa shape index (κ1) is 35.7. The quantitative estimate of drug-likeness (QED) is 0.281. The molecule has 0 radical (unpaired) electrons. The third-order valence-electron chi connectivity index (χ3n) is 11.7. The lowest BCUT2D eigenvalue weighted by molar-refractivity contribution is -0.140. The van der Waals surface area contributed by atoms with Crippen LogP contribution in [0.25, 0.3) is 22.2 Å². The summed E-state index contributed by atoms with van der Waals surface area (Å²) in [6.07, 6.45) is 12.0. The van der Waals surface area contributed by atoms with E-state index in [4.69, 9.17) is 20.2 Å². The lowest BCUT2D eigenvalue weighted by Crippen LogP contribution is -2.51. The number of primary amides is 1. The van der Waals surface area contributed by atoms with Gasteiger partial charge >= 0.3 is 0 Å². The number of hydrogen-bond donors (Lipinski definition) is 2. The first-order valence-corrected chi connectivity index (χ1v) is 19.1. The van der Waals surface area contributed by atoms with Gasteiger partial charge in [0.2, 0.25) is 17.7 Å².